The van der Waals surface area contributed by atoms with Crippen LogP contribution in [0.3, 0.4) is 0 Å². The summed E-state index contributed by atoms with van der Waals surface area (Å²) in [5.41, 5.74) is 7.19. The molecule has 0 aromatic carbocycles. The zero-order valence-electron chi connectivity index (χ0n) is 14.7. The SMILES string of the molecule is CC1CCc2c(sc3nc(-c4ccncc4)n(C(C)C(N)=O)c(=O)c23)C1. The number of carbonyl (C=O) groups excluding carboxylic acids is 1. The van der Waals surface area contributed by atoms with E-state index in [1.807, 2.05) is 0 Å². The average molecular weight is 368 g/mol. The molecule has 0 radical (unpaired) electrons. The van der Waals surface area contributed by atoms with Gasteiger partial charge in [0.2, 0.25) is 5.91 Å². The summed E-state index contributed by atoms with van der Waals surface area (Å²) in [6.07, 6.45) is 6.21. The van der Waals surface area contributed by atoms with Gasteiger partial charge in [-0.1, -0.05) is 6.92 Å². The maximum atomic E-state index is 13.4. The van der Waals surface area contributed by atoms with Crippen LogP contribution in [0.25, 0.3) is 21.6 Å². The molecule has 3 heterocycles. The molecule has 0 spiro atoms. The monoisotopic (exact) mass is 368 g/mol. The fraction of sp³-hybridized carbons (Fsp3) is 0.368. The molecule has 1 aliphatic rings. The van der Waals surface area contributed by atoms with Crippen molar-refractivity contribution in [1.82, 2.24) is 14.5 Å². The van der Waals surface area contributed by atoms with E-state index < -0.39 is 11.9 Å². The number of amides is 1. The summed E-state index contributed by atoms with van der Waals surface area (Å²) < 4.78 is 1.44. The average Bonchev–Trinajstić information content (AvgIpc) is 2.99. The second kappa shape index (κ2) is 6.32. The van der Waals surface area contributed by atoms with Crippen molar-refractivity contribution < 1.29 is 4.79 Å². The first kappa shape index (κ1) is 16.9. The zero-order chi connectivity index (χ0) is 18.4. The Balaban J connectivity index is 2.06. The first-order chi connectivity index (χ1) is 12.5. The zero-order valence-corrected chi connectivity index (χ0v) is 15.5. The number of carbonyl (C=O) groups is 1. The molecule has 7 heteroatoms. The number of nitrogens with two attached hydrogens (primary N) is 1. The molecule has 2 unspecified atom stereocenters. The molecule has 6 nitrogen and oxygen atoms in total. The largest absolute Gasteiger partial charge is 0.368 e. The molecule has 0 aliphatic heterocycles. The van der Waals surface area contributed by atoms with Crippen LogP contribution in [0.5, 0.6) is 0 Å². The molecule has 4 rings (SSSR count). The van der Waals surface area contributed by atoms with Crippen molar-refractivity contribution >= 4 is 27.5 Å². The Morgan fingerprint density at radius 2 is 2.12 bits per heavy atom. The highest BCUT2D eigenvalue weighted by atomic mass is 32.1. The van der Waals surface area contributed by atoms with Crippen molar-refractivity contribution in [1.29, 1.82) is 0 Å². The number of hydrogen-bond donors (Lipinski definition) is 1. The summed E-state index contributed by atoms with van der Waals surface area (Å²) in [6, 6.07) is 2.79. The van der Waals surface area contributed by atoms with Gasteiger partial charge in [-0.05, 0) is 49.8 Å². The Morgan fingerprint density at radius 1 is 1.38 bits per heavy atom. The minimum absolute atomic E-state index is 0.180. The lowest BCUT2D eigenvalue weighted by Gasteiger charge is -2.19. The van der Waals surface area contributed by atoms with E-state index in [-0.39, 0.29) is 5.56 Å². The van der Waals surface area contributed by atoms with Crippen LogP contribution in [-0.4, -0.2) is 20.4 Å². The van der Waals surface area contributed by atoms with E-state index in [2.05, 4.69) is 11.9 Å². The molecule has 1 amide bonds. The molecule has 2 N–H and O–H groups in total. The van der Waals surface area contributed by atoms with Crippen molar-refractivity contribution in [3.8, 4) is 11.4 Å². The molecular formula is C19H20N4O2S. The van der Waals surface area contributed by atoms with Crippen molar-refractivity contribution in [3.05, 3.63) is 45.3 Å². The van der Waals surface area contributed by atoms with Gasteiger partial charge in [0.15, 0.2) is 0 Å². The van der Waals surface area contributed by atoms with Crippen molar-refractivity contribution in [2.75, 3.05) is 0 Å². The van der Waals surface area contributed by atoms with Gasteiger partial charge in [-0.15, -0.1) is 11.3 Å². The van der Waals surface area contributed by atoms with Gasteiger partial charge in [0.25, 0.3) is 5.56 Å². The Hall–Kier alpha value is -2.54. The third kappa shape index (κ3) is 2.63. The molecule has 0 fully saturated rings. The topological polar surface area (TPSA) is 90.9 Å². The van der Waals surface area contributed by atoms with E-state index in [0.29, 0.717) is 17.1 Å². The maximum Gasteiger partial charge on any atom is 0.263 e. The van der Waals surface area contributed by atoms with Crippen molar-refractivity contribution in [2.45, 2.75) is 39.2 Å². The number of fused-ring (bicyclic) bond motifs is 3. The highest BCUT2D eigenvalue weighted by molar-refractivity contribution is 7.18. The smallest absolute Gasteiger partial charge is 0.263 e. The highest BCUT2D eigenvalue weighted by Gasteiger charge is 2.27. The fourth-order valence-electron chi connectivity index (χ4n) is 3.59. The summed E-state index contributed by atoms with van der Waals surface area (Å²) in [6.45, 7) is 3.87. The molecule has 134 valence electrons. The van der Waals surface area contributed by atoms with E-state index in [1.165, 1.54) is 9.44 Å². The lowest BCUT2D eigenvalue weighted by atomic mass is 9.89. The van der Waals surface area contributed by atoms with Gasteiger partial charge in [0.1, 0.15) is 16.7 Å². The molecule has 3 aromatic rings. The fourth-order valence-corrected chi connectivity index (χ4v) is 4.97. The van der Waals surface area contributed by atoms with Gasteiger partial charge in [0, 0.05) is 22.8 Å². The predicted molar refractivity (Wildman–Crippen MR) is 102 cm³/mol. The number of pyridine rings is 1. The summed E-state index contributed by atoms with van der Waals surface area (Å²) in [5.74, 6) is 0.520. The van der Waals surface area contributed by atoms with Gasteiger partial charge >= 0.3 is 0 Å². The molecule has 2 atom stereocenters. The number of primary amides is 1. The van der Waals surface area contributed by atoms with Crippen LogP contribution in [0.4, 0.5) is 0 Å². The Kier molecular flexibility index (Phi) is 4.11. The van der Waals surface area contributed by atoms with E-state index in [4.69, 9.17) is 10.7 Å². The first-order valence-corrected chi connectivity index (χ1v) is 9.55. The Morgan fingerprint density at radius 3 is 2.81 bits per heavy atom. The van der Waals surface area contributed by atoms with Gasteiger partial charge in [-0.3, -0.25) is 19.1 Å². The number of hydrogen-bond acceptors (Lipinski definition) is 5. The van der Waals surface area contributed by atoms with Gasteiger partial charge in [-0.25, -0.2) is 4.98 Å². The summed E-state index contributed by atoms with van der Waals surface area (Å²) in [4.78, 5) is 36.1. The van der Waals surface area contributed by atoms with Gasteiger partial charge in [0.05, 0.1) is 5.39 Å². The standard InChI is InChI=1S/C19H20N4O2S/c1-10-3-4-13-14(9-10)26-18-15(13)19(25)23(11(2)16(20)24)17(22-18)12-5-7-21-8-6-12/h5-8,10-11H,3-4,9H2,1-2H3,(H2,20,24). The van der Waals surface area contributed by atoms with E-state index in [0.717, 1.165) is 35.2 Å². The lowest BCUT2D eigenvalue weighted by Crippen LogP contribution is -2.34. The molecule has 26 heavy (non-hydrogen) atoms. The number of rotatable bonds is 3. The molecule has 0 bridgehead atoms. The Bertz CT molecular complexity index is 1050. The van der Waals surface area contributed by atoms with Crippen molar-refractivity contribution in [2.24, 2.45) is 11.7 Å². The lowest BCUT2D eigenvalue weighted by molar-refractivity contribution is -0.120. The quantitative estimate of drug-likeness (QED) is 0.769. The summed E-state index contributed by atoms with van der Waals surface area (Å²) in [7, 11) is 0. The minimum Gasteiger partial charge on any atom is -0.368 e. The normalized spacial score (nSPS) is 17.8. The first-order valence-electron chi connectivity index (χ1n) is 8.74. The third-order valence-corrected chi connectivity index (χ3v) is 6.25. The van der Waals surface area contributed by atoms with Crippen LogP contribution in [0.2, 0.25) is 0 Å². The number of aromatic nitrogens is 3. The summed E-state index contributed by atoms with van der Waals surface area (Å²) in [5, 5.41) is 0.655. The maximum absolute atomic E-state index is 13.4. The number of aryl methyl sites for hydroxylation is 1. The van der Waals surface area contributed by atoms with Crippen molar-refractivity contribution in [3.63, 3.8) is 0 Å². The second-order valence-corrected chi connectivity index (χ2v) is 8.04. The van der Waals surface area contributed by atoms with Crippen LogP contribution in [0.15, 0.2) is 29.3 Å². The number of thiophene rings is 1. The van der Waals surface area contributed by atoms with Crippen LogP contribution in [-0.2, 0) is 17.6 Å². The minimum atomic E-state index is -0.777. The predicted octanol–water partition coefficient (Wildman–Crippen LogP) is 2.69. The van der Waals surface area contributed by atoms with Crippen LogP contribution >= 0.6 is 11.3 Å². The van der Waals surface area contributed by atoms with Crippen LogP contribution in [0, 0.1) is 5.92 Å². The Labute approximate surface area is 154 Å². The molecule has 3 aromatic heterocycles. The van der Waals surface area contributed by atoms with Gasteiger partial charge < -0.3 is 5.73 Å². The highest BCUT2D eigenvalue weighted by Crippen LogP contribution is 2.37. The molecule has 0 saturated heterocycles. The van der Waals surface area contributed by atoms with E-state index in [9.17, 15) is 9.59 Å². The third-order valence-electron chi connectivity index (χ3n) is 5.10. The van der Waals surface area contributed by atoms with E-state index in [1.54, 1.807) is 42.8 Å². The molecular weight excluding hydrogens is 348 g/mol. The summed E-state index contributed by atoms with van der Waals surface area (Å²) >= 11 is 1.60. The second-order valence-electron chi connectivity index (χ2n) is 6.96. The molecule has 1 aliphatic carbocycles. The number of nitrogens with zero attached hydrogens (tertiary/aromatic N) is 3. The van der Waals surface area contributed by atoms with E-state index >= 15 is 0 Å². The van der Waals surface area contributed by atoms with Crippen LogP contribution in [0.1, 0.15) is 36.8 Å². The van der Waals surface area contributed by atoms with Crippen LogP contribution < -0.4 is 11.3 Å². The molecule has 0 saturated carbocycles. The van der Waals surface area contributed by atoms with Gasteiger partial charge in [-0.2, -0.15) is 0 Å².